The molecular weight excluding hydrogens is 827 g/mol. The Morgan fingerprint density at radius 1 is 0.441 bits per heavy atom. The number of para-hydroxylation sites is 6. The number of hydrogen-bond donors (Lipinski definition) is 0. The van der Waals surface area contributed by atoms with Gasteiger partial charge >= 0.3 is 0 Å². The zero-order valence-corrected chi connectivity index (χ0v) is 37.1. The van der Waals surface area contributed by atoms with Gasteiger partial charge in [-0.15, -0.1) is 0 Å². The molecule has 0 fully saturated rings. The van der Waals surface area contributed by atoms with Gasteiger partial charge in [0.15, 0.2) is 0 Å². The molecule has 1 aliphatic carbocycles. The predicted molar refractivity (Wildman–Crippen MR) is 285 cm³/mol. The van der Waals surface area contributed by atoms with Gasteiger partial charge in [-0.25, -0.2) is 0 Å². The second kappa shape index (κ2) is 15.4. The summed E-state index contributed by atoms with van der Waals surface area (Å²) in [6.07, 6.45) is 8.00. The molecule has 1 aliphatic rings. The molecule has 320 valence electrons. The Morgan fingerprint density at radius 2 is 1.01 bits per heavy atom. The zero-order chi connectivity index (χ0) is 44.7. The lowest BCUT2D eigenvalue weighted by atomic mass is 9.97. The van der Waals surface area contributed by atoms with E-state index in [2.05, 4.69) is 257 Å². The molecule has 0 saturated carbocycles. The van der Waals surface area contributed by atoms with Crippen molar-refractivity contribution in [2.24, 2.45) is 0 Å². The number of allylic oxidation sites excluding steroid dienone is 3. The highest BCUT2D eigenvalue weighted by Gasteiger charge is 2.24. The van der Waals surface area contributed by atoms with Crippen LogP contribution >= 0.6 is 0 Å². The largest absolute Gasteiger partial charge is 0.455 e. The van der Waals surface area contributed by atoms with Crippen molar-refractivity contribution in [1.29, 1.82) is 0 Å². The number of rotatable bonds is 7. The number of anilines is 2. The highest BCUT2D eigenvalue weighted by Crippen LogP contribution is 2.44. The minimum Gasteiger partial charge on any atom is -0.455 e. The van der Waals surface area contributed by atoms with E-state index < -0.39 is 0 Å². The van der Waals surface area contributed by atoms with Crippen LogP contribution in [-0.4, -0.2) is 9.13 Å². The molecule has 13 aromatic rings. The van der Waals surface area contributed by atoms with Crippen molar-refractivity contribution in [3.8, 4) is 27.9 Å². The Hall–Kier alpha value is -8.86. The maximum Gasteiger partial charge on any atom is 0.143 e. The first-order chi connectivity index (χ1) is 33.7. The Kier molecular flexibility index (Phi) is 8.68. The van der Waals surface area contributed by atoms with Crippen molar-refractivity contribution < 1.29 is 4.42 Å². The molecule has 0 amide bonds. The molecule has 4 nitrogen and oxygen atoms in total. The van der Waals surface area contributed by atoms with E-state index in [4.69, 9.17) is 4.42 Å². The van der Waals surface area contributed by atoms with Crippen LogP contribution in [0.25, 0.3) is 104 Å². The van der Waals surface area contributed by atoms with Gasteiger partial charge in [0.2, 0.25) is 0 Å². The molecule has 0 N–H and O–H groups in total. The molecule has 0 saturated heterocycles. The summed E-state index contributed by atoms with van der Waals surface area (Å²) in [5, 5.41) is 9.63. The number of nitrogens with zero attached hydrogens (tertiary/aromatic N) is 3. The Morgan fingerprint density at radius 3 is 1.71 bits per heavy atom. The second-order valence-electron chi connectivity index (χ2n) is 18.0. The van der Waals surface area contributed by atoms with Crippen LogP contribution in [0.5, 0.6) is 0 Å². The van der Waals surface area contributed by atoms with Gasteiger partial charge < -0.3 is 18.5 Å². The van der Waals surface area contributed by atoms with Gasteiger partial charge in [-0.3, -0.25) is 0 Å². The van der Waals surface area contributed by atoms with E-state index in [0.29, 0.717) is 0 Å². The molecule has 0 spiro atoms. The highest BCUT2D eigenvalue weighted by atomic mass is 16.3. The molecule has 1 unspecified atom stereocenters. The summed E-state index contributed by atoms with van der Waals surface area (Å²) in [4.78, 5) is 2.45. The minimum atomic E-state index is 0.160. The van der Waals surface area contributed by atoms with Gasteiger partial charge in [-0.2, -0.15) is 0 Å². The molecule has 4 heteroatoms. The van der Waals surface area contributed by atoms with Crippen LogP contribution < -0.4 is 4.90 Å². The Labute approximate surface area is 393 Å². The standard InChI is InChI=1S/C64H43N3O/c1-2-18-50-42(15-1)31-39-55-56-41-44(32-40-63(56)68-64(50)55)49-17-4-9-23-57(49)65(46-35-37-47(38-36-46)66-59-25-11-5-19-51(59)52-20-6-12-26-60(52)66)45-33-29-43(30-34-45)48-16-3-10-24-58(48)67-61-27-13-7-21-53(61)54-22-8-14-28-62(54)67/h1-37,39-41,47H,38H2. The number of furan rings is 1. The Balaban J connectivity index is 0.906. The van der Waals surface area contributed by atoms with E-state index >= 15 is 0 Å². The van der Waals surface area contributed by atoms with Crippen molar-refractivity contribution in [2.45, 2.75) is 12.5 Å². The van der Waals surface area contributed by atoms with E-state index in [-0.39, 0.29) is 6.04 Å². The highest BCUT2D eigenvalue weighted by molar-refractivity contribution is 6.16. The van der Waals surface area contributed by atoms with Gasteiger partial charge in [-0.05, 0) is 95.7 Å². The van der Waals surface area contributed by atoms with Crippen LogP contribution in [0.3, 0.4) is 0 Å². The summed E-state index contributed by atoms with van der Waals surface area (Å²) >= 11 is 0. The molecule has 14 rings (SSSR count). The SMILES string of the molecule is C1=CC(n2c3ccccc3c3ccccc32)CC=C1N(c1ccc(-c2ccccc2-n2c3ccccc3c3ccccc32)cc1)c1ccccc1-c1ccc2oc3c4ccccc4ccc3c2c1. The number of aromatic nitrogens is 2. The smallest absolute Gasteiger partial charge is 0.143 e. The van der Waals surface area contributed by atoms with Crippen LogP contribution in [0.15, 0.2) is 253 Å². The van der Waals surface area contributed by atoms with Crippen LogP contribution in [0.1, 0.15) is 12.5 Å². The maximum absolute atomic E-state index is 6.58. The van der Waals surface area contributed by atoms with Gasteiger partial charge in [0, 0.05) is 71.2 Å². The average Bonchev–Trinajstić information content (AvgIpc) is 4.07. The summed E-state index contributed by atoms with van der Waals surface area (Å²) in [7, 11) is 0. The van der Waals surface area contributed by atoms with Crippen LogP contribution in [0, 0.1) is 0 Å². The summed E-state index contributed by atoms with van der Waals surface area (Å²) in [6.45, 7) is 0. The lowest BCUT2D eigenvalue weighted by Gasteiger charge is -2.31. The third-order valence-electron chi connectivity index (χ3n) is 14.2. The molecule has 0 radical (unpaired) electrons. The lowest BCUT2D eigenvalue weighted by Crippen LogP contribution is -2.19. The fourth-order valence-electron chi connectivity index (χ4n) is 11.2. The zero-order valence-electron chi connectivity index (χ0n) is 37.1. The van der Waals surface area contributed by atoms with Crippen LogP contribution in [0.2, 0.25) is 0 Å². The topological polar surface area (TPSA) is 26.2 Å². The second-order valence-corrected chi connectivity index (χ2v) is 18.0. The fraction of sp³-hybridized carbons (Fsp3) is 0.0312. The van der Waals surface area contributed by atoms with E-state index in [1.807, 2.05) is 0 Å². The van der Waals surface area contributed by atoms with E-state index in [0.717, 1.165) is 73.2 Å². The van der Waals surface area contributed by atoms with Crippen molar-refractivity contribution >= 4 is 87.7 Å². The monoisotopic (exact) mass is 869 g/mol. The first-order valence-electron chi connectivity index (χ1n) is 23.5. The molecule has 1 atom stereocenters. The Bertz CT molecular complexity index is 4090. The fourth-order valence-corrected chi connectivity index (χ4v) is 11.2. The van der Waals surface area contributed by atoms with E-state index in [1.54, 1.807) is 0 Å². The van der Waals surface area contributed by atoms with Gasteiger partial charge in [-0.1, -0.05) is 170 Å². The number of benzene rings is 10. The number of fused-ring (bicyclic) bond motifs is 11. The predicted octanol–water partition coefficient (Wildman–Crippen LogP) is 17.5. The molecule has 0 aliphatic heterocycles. The molecule has 0 bridgehead atoms. The number of hydrogen-bond acceptors (Lipinski definition) is 2. The van der Waals surface area contributed by atoms with Gasteiger partial charge in [0.05, 0.1) is 28.5 Å². The third-order valence-corrected chi connectivity index (χ3v) is 14.2. The minimum absolute atomic E-state index is 0.160. The average molecular weight is 870 g/mol. The maximum atomic E-state index is 6.58. The van der Waals surface area contributed by atoms with Crippen LogP contribution in [0.4, 0.5) is 11.4 Å². The van der Waals surface area contributed by atoms with Crippen molar-refractivity contribution in [2.75, 3.05) is 4.90 Å². The van der Waals surface area contributed by atoms with Crippen molar-refractivity contribution in [1.82, 2.24) is 9.13 Å². The molecule has 3 heterocycles. The molecular formula is C64H43N3O. The summed E-state index contributed by atoms with van der Waals surface area (Å²) < 4.78 is 11.5. The quantitative estimate of drug-likeness (QED) is 0.159. The molecule has 10 aromatic carbocycles. The first-order valence-corrected chi connectivity index (χ1v) is 23.5. The van der Waals surface area contributed by atoms with E-state index in [9.17, 15) is 0 Å². The molecule has 68 heavy (non-hydrogen) atoms. The van der Waals surface area contributed by atoms with E-state index in [1.165, 1.54) is 54.6 Å². The van der Waals surface area contributed by atoms with Crippen LogP contribution in [-0.2, 0) is 0 Å². The van der Waals surface area contributed by atoms with Gasteiger partial charge in [0.1, 0.15) is 11.2 Å². The van der Waals surface area contributed by atoms with Gasteiger partial charge in [0.25, 0.3) is 0 Å². The summed E-state index contributed by atoms with van der Waals surface area (Å²) in [5.41, 5.74) is 15.8. The third kappa shape index (κ3) is 5.94. The first kappa shape index (κ1) is 38.4. The van der Waals surface area contributed by atoms with Crippen molar-refractivity contribution in [3.63, 3.8) is 0 Å². The normalized spacial score (nSPS) is 14.0. The summed E-state index contributed by atoms with van der Waals surface area (Å²) in [5.74, 6) is 0. The summed E-state index contributed by atoms with van der Waals surface area (Å²) in [6, 6.07) is 81.6. The van der Waals surface area contributed by atoms with Crippen molar-refractivity contribution in [3.05, 3.63) is 248 Å². The lowest BCUT2D eigenvalue weighted by molar-refractivity contribution is 0.643. The molecule has 3 aromatic heterocycles.